The highest BCUT2D eigenvalue weighted by Crippen LogP contribution is 2.48. The smallest absolute Gasteiger partial charge is 0.164 e. The van der Waals surface area contributed by atoms with Crippen molar-refractivity contribution in [3.63, 3.8) is 0 Å². The molecular weight excluding hydrogens is 1840 g/mol. The number of hydrogen-bond acceptors (Lipinski definition) is 12. The van der Waals surface area contributed by atoms with Gasteiger partial charge in [-0.3, -0.25) is 0 Å². The summed E-state index contributed by atoms with van der Waals surface area (Å²) < 4.78 is 194. The average Bonchev–Trinajstić information content (AvgIpc) is 1.57. The molecule has 0 unspecified atom stereocenters. The van der Waals surface area contributed by atoms with Crippen LogP contribution in [0, 0.1) is 0 Å². The zero-order chi connectivity index (χ0) is 116. The lowest BCUT2D eigenvalue weighted by Crippen LogP contribution is -2.00. The standard InChI is InChI=1S/3C45H28N4O/c1-4-14-29(15-5-1)33-21-12-23-37-41(33)34-20-10-11-22-36(34)49(37)38-24-13-25-39-42(38)35-27-26-32(28-40(35)50-39)45-47-43(30-16-6-2-7-17-30)46-44(48-45)31-18-8-3-9-19-31;1-4-13-29(14-5-1)32-24-26-38-36(27-32)34-19-10-11-20-37(34)49(38)39-21-12-22-40-42(39)35-25-23-33(28-41(35)50-40)45-47-43(30-15-6-2-7-16-30)46-44(48-45)31-17-8-3-9-18-31;1-4-13-29(14-5-1)32-23-25-35-34-19-10-11-20-37(34)49(39(35)27-32)38-21-12-22-40-42(38)36-26-24-33(28-41(36)50-40)45-47-43(30-15-6-2-7-16-30)46-44(48-45)31-17-8-3-9-18-31/h3*1-28H/i2D,3D,6D,7D,8D,9D,16D,17D,18D,19D;2*1D,4D,5D,13D,14D. The lowest BCUT2D eigenvalue weighted by molar-refractivity contribution is 0.668. The van der Waals surface area contributed by atoms with E-state index >= 15 is 0 Å². The Hall–Kier alpha value is -20.5. The van der Waals surface area contributed by atoms with Crippen LogP contribution >= 0.6 is 0 Å². The predicted molar refractivity (Wildman–Crippen MR) is 610 cm³/mol. The van der Waals surface area contributed by atoms with E-state index in [0.29, 0.717) is 79.6 Å². The summed E-state index contributed by atoms with van der Waals surface area (Å²) in [5, 5.41) is 11.4. The molecule has 0 aliphatic carbocycles. The van der Waals surface area contributed by atoms with E-state index in [4.69, 9.17) is 70.6 Å². The van der Waals surface area contributed by atoms with Gasteiger partial charge in [0, 0.05) is 98.5 Å². The van der Waals surface area contributed by atoms with Gasteiger partial charge in [0.05, 0.1) is 93.7 Å². The van der Waals surface area contributed by atoms with Crippen LogP contribution in [0.3, 0.4) is 0 Å². The van der Waals surface area contributed by atoms with Crippen LogP contribution in [0.2, 0.25) is 0 Å². The Morgan fingerprint density at radius 3 is 0.827 bits per heavy atom. The molecule has 0 spiro atoms. The van der Waals surface area contributed by atoms with Gasteiger partial charge in [0.25, 0.3) is 0 Å². The van der Waals surface area contributed by atoms with Crippen molar-refractivity contribution < 1.29 is 40.7 Å². The molecule has 30 rings (SSSR count). The van der Waals surface area contributed by atoms with Crippen LogP contribution in [-0.2, 0) is 0 Å². The van der Waals surface area contributed by atoms with E-state index < -0.39 is 72.5 Å². The second-order valence-corrected chi connectivity index (χ2v) is 35.9. The van der Waals surface area contributed by atoms with Gasteiger partial charge in [0.2, 0.25) is 0 Å². The zero-order valence-electron chi connectivity index (χ0n) is 99.0. The monoisotopic (exact) mass is 1940 g/mol. The fourth-order valence-electron chi connectivity index (χ4n) is 20.4. The minimum Gasteiger partial charge on any atom is -0.456 e. The molecule has 21 aromatic carbocycles. The van der Waals surface area contributed by atoms with E-state index in [9.17, 15) is 0 Å². The lowest BCUT2D eigenvalue weighted by atomic mass is 9.99. The molecular formula is C135H84N12O3. The summed E-state index contributed by atoms with van der Waals surface area (Å²) in [6.07, 6.45) is 0. The lowest BCUT2D eigenvalue weighted by Gasteiger charge is -2.11. The molecule has 0 N–H and O–H groups in total. The van der Waals surface area contributed by atoms with E-state index in [-0.39, 0.29) is 88.1 Å². The molecule has 9 heterocycles. The molecule has 15 heteroatoms. The SMILES string of the molecule is [2H]c1c([2H])c([2H])c(-c2ccc3c(c2)c2ccccc2n3-c2cccc3oc4cc(-c5nc(-c6ccccc6)nc(-c6ccccc6)n5)ccc4c23)c([2H])c1[2H].[2H]c1c([2H])c([2H])c(-c2ccc3c4ccccc4n(-c4cccc5oc6cc(-c7nc(-c8ccccc8)nc(-c8ccccc8)n7)ccc6c45)c3c2)c([2H])c1[2H].[2H]c1c([2H])c([2H])c(-c2nc(-c3ccc4c(c3)oc3cccc(-n5c6ccccc6c6c(-c7ccccc7)cccc65)c34)nc(-c3c([2H])c([2H])c([2H])c([2H])c3[2H])n2)c([2H])c1[2H]. The number of furan rings is 3. The molecule has 30 aromatic rings. The van der Waals surface area contributed by atoms with Gasteiger partial charge in [-0.05, 0) is 149 Å². The predicted octanol–water partition coefficient (Wildman–Crippen LogP) is 34.6. The number of para-hydroxylation sites is 3. The molecule has 0 aliphatic heterocycles. The van der Waals surface area contributed by atoms with Crippen LogP contribution in [-0.4, -0.2) is 58.6 Å². The number of hydrogen-bond donors (Lipinski definition) is 0. The highest BCUT2D eigenvalue weighted by atomic mass is 16.3. The highest BCUT2D eigenvalue weighted by molar-refractivity contribution is 6.21. The molecule has 0 aliphatic rings. The molecule has 0 fully saturated rings. The van der Waals surface area contributed by atoms with Crippen LogP contribution in [0.25, 0.3) is 284 Å². The maximum Gasteiger partial charge on any atom is 0.164 e. The van der Waals surface area contributed by atoms with Crippen LogP contribution in [0.15, 0.2) is 522 Å². The average molecular weight is 1940 g/mol. The Kier molecular flexibility index (Phi) is 16.9. The first kappa shape index (κ1) is 68.6. The topological polar surface area (TPSA) is 170 Å². The molecule has 0 saturated carbocycles. The largest absolute Gasteiger partial charge is 0.456 e. The number of fused-ring (bicyclic) bond motifs is 18. The molecule has 0 amide bonds. The first-order valence-electron chi connectivity index (χ1n) is 58.5. The minimum absolute atomic E-state index is 0.0490. The summed E-state index contributed by atoms with van der Waals surface area (Å²) in [5.74, 6) is 2.64. The third kappa shape index (κ3) is 15.6. The molecule has 0 radical (unpaired) electrons. The summed E-state index contributed by atoms with van der Waals surface area (Å²) in [5.41, 5.74) is 20.7. The quantitative estimate of drug-likeness (QED) is 0.0953. The van der Waals surface area contributed by atoms with Crippen molar-refractivity contribution >= 4 is 131 Å². The number of nitrogens with zero attached hydrogens (tertiary/aromatic N) is 12. The van der Waals surface area contributed by atoms with E-state index in [2.05, 4.69) is 114 Å². The Balaban J connectivity index is 0.000000118. The van der Waals surface area contributed by atoms with Crippen molar-refractivity contribution in [3.05, 3.63) is 509 Å². The van der Waals surface area contributed by atoms with Gasteiger partial charge in [0.1, 0.15) is 33.5 Å². The van der Waals surface area contributed by atoms with Crippen LogP contribution < -0.4 is 0 Å². The van der Waals surface area contributed by atoms with Crippen molar-refractivity contribution in [2.75, 3.05) is 0 Å². The summed E-state index contributed by atoms with van der Waals surface area (Å²) >= 11 is 0. The second kappa shape index (κ2) is 37.0. The van der Waals surface area contributed by atoms with Gasteiger partial charge in [0.15, 0.2) is 52.4 Å². The summed E-state index contributed by atoms with van der Waals surface area (Å²) in [6.45, 7) is 0. The maximum absolute atomic E-state index is 8.67. The Labute approximate surface area is 887 Å². The van der Waals surface area contributed by atoms with E-state index in [1.54, 1.807) is 12.1 Å². The molecule has 150 heavy (non-hydrogen) atoms. The molecule has 0 saturated heterocycles. The van der Waals surface area contributed by atoms with Crippen molar-refractivity contribution in [2.24, 2.45) is 0 Å². The first-order chi connectivity index (χ1) is 82.6. The molecule has 702 valence electrons. The molecule has 0 bridgehead atoms. The zero-order valence-corrected chi connectivity index (χ0v) is 79.0. The van der Waals surface area contributed by atoms with Crippen molar-refractivity contribution in [1.82, 2.24) is 58.6 Å². The molecule has 0 atom stereocenters. The third-order valence-electron chi connectivity index (χ3n) is 27.1. The third-order valence-corrected chi connectivity index (χ3v) is 27.1. The fourth-order valence-corrected chi connectivity index (χ4v) is 20.4. The van der Waals surface area contributed by atoms with Gasteiger partial charge in [-0.25, -0.2) is 44.9 Å². The number of rotatable bonds is 15. The molecule has 9 aromatic heterocycles. The van der Waals surface area contributed by atoms with Crippen molar-refractivity contribution in [2.45, 2.75) is 0 Å². The van der Waals surface area contributed by atoms with E-state index in [0.717, 1.165) is 165 Å². The van der Waals surface area contributed by atoms with E-state index in [1.807, 2.05) is 291 Å². The van der Waals surface area contributed by atoms with Crippen LogP contribution in [0.1, 0.15) is 27.4 Å². The van der Waals surface area contributed by atoms with Gasteiger partial charge in [-0.1, -0.05) is 394 Å². The Bertz CT molecular complexity index is 11500. The minimum atomic E-state index is -0.614. The number of benzene rings is 21. The summed E-state index contributed by atoms with van der Waals surface area (Å²) in [6, 6.07) is 118. The van der Waals surface area contributed by atoms with Crippen molar-refractivity contribution in [3.8, 4) is 153 Å². The Morgan fingerprint density at radius 2 is 0.427 bits per heavy atom. The Morgan fingerprint density at radius 1 is 0.153 bits per heavy atom. The molecule has 15 nitrogen and oxygen atoms in total. The van der Waals surface area contributed by atoms with Gasteiger partial charge in [-0.15, -0.1) is 0 Å². The van der Waals surface area contributed by atoms with Crippen LogP contribution in [0.5, 0.6) is 0 Å². The van der Waals surface area contributed by atoms with Crippen LogP contribution in [0.4, 0.5) is 0 Å². The normalized spacial score (nSPS) is 13.5. The number of aromatic nitrogens is 12. The van der Waals surface area contributed by atoms with Gasteiger partial charge < -0.3 is 27.0 Å². The van der Waals surface area contributed by atoms with E-state index in [1.165, 1.54) is 0 Å². The van der Waals surface area contributed by atoms with Gasteiger partial charge >= 0.3 is 0 Å². The van der Waals surface area contributed by atoms with Crippen molar-refractivity contribution in [1.29, 1.82) is 0 Å². The highest BCUT2D eigenvalue weighted by Gasteiger charge is 2.27. The summed E-state index contributed by atoms with van der Waals surface area (Å²) in [7, 11) is 0. The summed E-state index contributed by atoms with van der Waals surface area (Å²) in [4.78, 5) is 42.9. The maximum atomic E-state index is 8.67. The second-order valence-electron chi connectivity index (χ2n) is 35.9. The fraction of sp³-hybridized carbons (Fsp3) is 0. The first-order valence-corrected chi connectivity index (χ1v) is 48.5. The van der Waals surface area contributed by atoms with Gasteiger partial charge in [-0.2, -0.15) is 0 Å².